The Hall–Kier alpha value is -6.76. The zero-order valence-corrected chi connectivity index (χ0v) is 38.4. The number of aromatic nitrogens is 1. The molecule has 8 unspecified atom stereocenters. The second-order valence-corrected chi connectivity index (χ2v) is 20.2. The predicted octanol–water partition coefficient (Wildman–Crippen LogP) is 14.1. The molecule has 14 rings (SSSR count). The van der Waals surface area contributed by atoms with Crippen LogP contribution in [0.25, 0.3) is 39.7 Å². The minimum Gasteiger partial charge on any atom is -0.337 e. The van der Waals surface area contributed by atoms with E-state index in [1.165, 1.54) is 83.7 Å². The zero-order valence-electron chi connectivity index (χ0n) is 38.4. The van der Waals surface area contributed by atoms with Gasteiger partial charge in [0.05, 0.1) is 24.2 Å². The molecule has 334 valence electrons. The summed E-state index contributed by atoms with van der Waals surface area (Å²) in [6.07, 6.45) is 41.0. The lowest BCUT2D eigenvalue weighted by Gasteiger charge is -2.43. The minimum absolute atomic E-state index is 0.0286. The van der Waals surface area contributed by atoms with Gasteiger partial charge in [-0.3, -0.25) is 16.0 Å². The molecule has 6 aromatic rings. The summed E-state index contributed by atoms with van der Waals surface area (Å²) in [5.41, 5.74) is 19.0. The molecule has 0 spiro atoms. The first-order valence-corrected chi connectivity index (χ1v) is 25.3. The fourth-order valence-electron chi connectivity index (χ4n) is 13.1. The number of nitrogens with zero attached hydrogens (tertiary/aromatic N) is 2. The van der Waals surface area contributed by atoms with E-state index in [9.17, 15) is 0 Å². The normalized spacial score (nSPS) is 27.2. The summed E-state index contributed by atoms with van der Waals surface area (Å²) in [7, 11) is 0. The van der Waals surface area contributed by atoms with Crippen molar-refractivity contribution in [1.29, 1.82) is 0 Å². The summed E-state index contributed by atoms with van der Waals surface area (Å²) < 4.78 is 2.55. The molecule has 0 amide bonds. The summed E-state index contributed by atoms with van der Waals surface area (Å²) in [4.78, 5) is 2.68. The van der Waals surface area contributed by atoms with E-state index in [0.29, 0.717) is 29.7 Å². The standard InChI is InChI=1S/C63H57N5/c1-2-13-40(14-3-1)42-25-28-44(29-26-42)61-64-62(66-63(65-61)48-30-27-41-15-4-5-17-45(41)35-48)47-18-12-19-50(36-47)68-56-23-10-8-21-53(56)55-38-49-37-51(33-31-46(49)39-59(55)68)67-57-24-11-9-22-54(57)60-52-20-7-6-16-43(52)32-34-58(60)67/h1-4,6-8,11-16,18-21,24-34,36-39,43,48,52-53,56,61-66H,5,9-10,17,22-23,35H2. The Morgan fingerprint density at radius 3 is 2.32 bits per heavy atom. The van der Waals surface area contributed by atoms with E-state index in [-0.39, 0.29) is 18.5 Å². The number of rotatable bonds is 6. The molecule has 1 saturated heterocycles. The second-order valence-electron chi connectivity index (χ2n) is 20.2. The third-order valence-electron chi connectivity index (χ3n) is 16.4. The fraction of sp³-hybridized carbons (Fsp3) is 0.238. The Balaban J connectivity index is 0.811. The van der Waals surface area contributed by atoms with Crippen molar-refractivity contribution in [2.24, 2.45) is 11.8 Å². The van der Waals surface area contributed by atoms with E-state index in [4.69, 9.17) is 0 Å². The number of anilines is 2. The van der Waals surface area contributed by atoms with Crippen LogP contribution in [-0.2, 0) is 6.42 Å². The SMILES string of the molecule is C1=CC2C=Cc3c(c4c(n3-c3ccc5cc6c(cc5c3)C3C=CCCC3N6c3cccc(C5NC(c6ccc(-c7ccccc7)cc6)NC(C6C=CC7=C(CCC=C7)C6)N5)c3)C=CCC4)C2C=C1. The lowest BCUT2D eigenvalue weighted by molar-refractivity contribution is 0.169. The van der Waals surface area contributed by atoms with Gasteiger partial charge in [0, 0.05) is 52.5 Å². The van der Waals surface area contributed by atoms with Crippen molar-refractivity contribution < 1.29 is 0 Å². The van der Waals surface area contributed by atoms with Crippen LogP contribution in [0.15, 0.2) is 193 Å². The average Bonchev–Trinajstić information content (AvgIpc) is 3.93. The Morgan fingerprint density at radius 2 is 1.40 bits per heavy atom. The van der Waals surface area contributed by atoms with Gasteiger partial charge in [-0.2, -0.15) is 0 Å². The lowest BCUT2D eigenvalue weighted by Crippen LogP contribution is -2.61. The summed E-state index contributed by atoms with van der Waals surface area (Å²) in [5, 5.41) is 14.8. The highest BCUT2D eigenvalue weighted by atomic mass is 15.4. The molecule has 3 heterocycles. The molecule has 8 aliphatic rings. The van der Waals surface area contributed by atoms with Gasteiger partial charge in [-0.15, -0.1) is 0 Å². The van der Waals surface area contributed by atoms with Gasteiger partial charge >= 0.3 is 0 Å². The third kappa shape index (κ3) is 6.77. The molecule has 68 heavy (non-hydrogen) atoms. The first-order chi connectivity index (χ1) is 33.7. The van der Waals surface area contributed by atoms with E-state index >= 15 is 0 Å². The monoisotopic (exact) mass is 883 g/mol. The summed E-state index contributed by atoms with van der Waals surface area (Å²) in [6, 6.07) is 41.8. The Morgan fingerprint density at radius 1 is 0.544 bits per heavy atom. The van der Waals surface area contributed by atoms with E-state index < -0.39 is 0 Å². The van der Waals surface area contributed by atoms with Crippen LogP contribution in [0.3, 0.4) is 0 Å². The third-order valence-corrected chi connectivity index (χ3v) is 16.4. The van der Waals surface area contributed by atoms with Gasteiger partial charge in [0.1, 0.15) is 0 Å². The zero-order chi connectivity index (χ0) is 44.7. The van der Waals surface area contributed by atoms with Gasteiger partial charge in [-0.1, -0.05) is 151 Å². The highest BCUT2D eigenvalue weighted by molar-refractivity contribution is 5.92. The van der Waals surface area contributed by atoms with Crippen LogP contribution in [0.5, 0.6) is 0 Å². The highest BCUT2D eigenvalue weighted by Gasteiger charge is 2.40. The Labute approximate surface area is 400 Å². The smallest absolute Gasteiger partial charge is 0.0862 e. The van der Waals surface area contributed by atoms with E-state index in [1.807, 2.05) is 0 Å². The van der Waals surface area contributed by atoms with Gasteiger partial charge in [0.25, 0.3) is 0 Å². The molecule has 2 aliphatic heterocycles. The second kappa shape index (κ2) is 16.5. The van der Waals surface area contributed by atoms with E-state index in [0.717, 1.165) is 44.9 Å². The quantitative estimate of drug-likeness (QED) is 0.146. The molecular formula is C63H57N5. The summed E-state index contributed by atoms with van der Waals surface area (Å²) >= 11 is 0. The van der Waals surface area contributed by atoms with Crippen molar-refractivity contribution >= 4 is 34.3 Å². The van der Waals surface area contributed by atoms with Gasteiger partial charge in [-0.05, 0) is 149 Å². The van der Waals surface area contributed by atoms with Gasteiger partial charge < -0.3 is 9.47 Å². The first-order valence-electron chi connectivity index (χ1n) is 25.3. The van der Waals surface area contributed by atoms with Gasteiger partial charge in [0.2, 0.25) is 0 Å². The maximum atomic E-state index is 4.10. The minimum atomic E-state index is -0.0551. The molecule has 0 radical (unpaired) electrons. The largest absolute Gasteiger partial charge is 0.337 e. The van der Waals surface area contributed by atoms with Crippen molar-refractivity contribution in [2.75, 3.05) is 4.90 Å². The van der Waals surface area contributed by atoms with Crippen LogP contribution >= 0.6 is 0 Å². The van der Waals surface area contributed by atoms with Crippen molar-refractivity contribution in [1.82, 2.24) is 20.5 Å². The molecule has 5 aromatic carbocycles. The average molecular weight is 884 g/mol. The van der Waals surface area contributed by atoms with Crippen molar-refractivity contribution in [3.05, 3.63) is 232 Å². The summed E-state index contributed by atoms with van der Waals surface area (Å²) in [5.74, 6) is 1.52. The molecule has 0 saturated carbocycles. The number of hydrogen-bond acceptors (Lipinski definition) is 4. The number of allylic oxidation sites excluding steroid dienone is 12. The number of hydrogen-bond donors (Lipinski definition) is 3. The Kier molecular flexibility index (Phi) is 9.78. The molecule has 6 aliphatic carbocycles. The van der Waals surface area contributed by atoms with Gasteiger partial charge in [0.15, 0.2) is 0 Å². The summed E-state index contributed by atoms with van der Waals surface area (Å²) in [6.45, 7) is 0. The van der Waals surface area contributed by atoms with Crippen LogP contribution < -0.4 is 20.9 Å². The molecule has 1 aromatic heterocycles. The first kappa shape index (κ1) is 40.3. The number of fused-ring (bicyclic) bond motifs is 9. The van der Waals surface area contributed by atoms with Crippen LogP contribution in [0, 0.1) is 11.8 Å². The van der Waals surface area contributed by atoms with Crippen LogP contribution in [0.2, 0.25) is 0 Å². The van der Waals surface area contributed by atoms with Crippen molar-refractivity contribution in [2.45, 2.75) is 81.3 Å². The lowest BCUT2D eigenvalue weighted by atomic mass is 9.77. The predicted molar refractivity (Wildman–Crippen MR) is 281 cm³/mol. The van der Waals surface area contributed by atoms with Crippen LogP contribution in [-0.4, -0.2) is 16.8 Å². The van der Waals surface area contributed by atoms with Crippen LogP contribution in [0.1, 0.15) is 102 Å². The molecule has 1 fully saturated rings. The number of benzene rings is 5. The highest BCUT2D eigenvalue weighted by Crippen LogP contribution is 2.51. The van der Waals surface area contributed by atoms with E-state index in [1.54, 1.807) is 5.57 Å². The molecule has 0 bridgehead atoms. The molecule has 3 N–H and O–H groups in total. The molecule has 8 atom stereocenters. The molecule has 5 nitrogen and oxygen atoms in total. The van der Waals surface area contributed by atoms with Crippen molar-refractivity contribution in [3.8, 4) is 16.8 Å². The fourth-order valence-corrected chi connectivity index (χ4v) is 13.1. The van der Waals surface area contributed by atoms with Crippen molar-refractivity contribution in [3.63, 3.8) is 0 Å². The molecule has 5 heteroatoms. The topological polar surface area (TPSA) is 44.3 Å². The maximum absolute atomic E-state index is 4.10. The van der Waals surface area contributed by atoms with E-state index in [2.05, 4.69) is 220 Å². The maximum Gasteiger partial charge on any atom is 0.0862 e. The Bertz CT molecular complexity index is 3240. The molecular weight excluding hydrogens is 827 g/mol. The van der Waals surface area contributed by atoms with Crippen LogP contribution in [0.4, 0.5) is 11.4 Å². The van der Waals surface area contributed by atoms with Gasteiger partial charge in [-0.25, -0.2) is 0 Å². The number of nitrogens with one attached hydrogen (secondary N) is 3.